The smallest absolute Gasteiger partial charge is 0.266 e. The predicted octanol–water partition coefficient (Wildman–Crippen LogP) is 4.20. The minimum absolute atomic E-state index is 0.0277. The molecule has 1 amide bonds. The van der Waals surface area contributed by atoms with Crippen LogP contribution in [0.1, 0.15) is 18.4 Å². The Morgan fingerprint density at radius 3 is 2.76 bits per heavy atom. The van der Waals surface area contributed by atoms with Crippen LogP contribution in [0.5, 0.6) is 11.5 Å². The van der Waals surface area contributed by atoms with E-state index < -0.39 is 0 Å². The molecule has 4 rings (SSSR count). The third-order valence-corrected chi connectivity index (χ3v) is 5.97. The highest BCUT2D eigenvalue weighted by atomic mass is 32.1. The van der Waals surface area contributed by atoms with Gasteiger partial charge in [-0.1, -0.05) is 29.0 Å². The third-order valence-electron chi connectivity index (χ3n) is 4.91. The Labute approximate surface area is 174 Å². The molecule has 7 heteroatoms. The summed E-state index contributed by atoms with van der Waals surface area (Å²) in [5.74, 6) is 1.29. The van der Waals surface area contributed by atoms with Crippen molar-refractivity contribution in [1.29, 1.82) is 0 Å². The standard InChI is InChI=1S/C22H24N2O4S/c1-15-5-7-16(8-6-15)28-14-21(25)24(13-18-4-3-11-27-18)22-23-19-12-17(26-2)9-10-20(19)29-22/h5-10,12,18H,3-4,11,13-14H2,1-2H3. The van der Waals surface area contributed by atoms with Gasteiger partial charge in [0.15, 0.2) is 11.7 Å². The molecule has 6 nitrogen and oxygen atoms in total. The molecule has 29 heavy (non-hydrogen) atoms. The molecule has 1 fully saturated rings. The Kier molecular flexibility index (Phi) is 5.97. The van der Waals surface area contributed by atoms with E-state index in [1.807, 2.05) is 49.4 Å². The van der Waals surface area contributed by atoms with Gasteiger partial charge in [-0.2, -0.15) is 0 Å². The summed E-state index contributed by atoms with van der Waals surface area (Å²) in [6.45, 7) is 3.19. The number of amides is 1. The van der Waals surface area contributed by atoms with Gasteiger partial charge in [-0.15, -0.1) is 0 Å². The van der Waals surface area contributed by atoms with Crippen molar-refractivity contribution in [2.75, 3.05) is 31.8 Å². The molecular weight excluding hydrogens is 388 g/mol. The molecule has 0 spiro atoms. The fourth-order valence-electron chi connectivity index (χ4n) is 3.27. The number of carbonyl (C=O) groups excluding carboxylic acids is 1. The fraction of sp³-hybridized carbons (Fsp3) is 0.364. The third kappa shape index (κ3) is 4.68. The molecule has 0 saturated carbocycles. The van der Waals surface area contributed by atoms with Crippen LogP contribution in [0.15, 0.2) is 42.5 Å². The van der Waals surface area contributed by atoms with Crippen LogP contribution in [0.3, 0.4) is 0 Å². The van der Waals surface area contributed by atoms with E-state index in [1.165, 1.54) is 11.3 Å². The highest BCUT2D eigenvalue weighted by molar-refractivity contribution is 7.22. The van der Waals surface area contributed by atoms with E-state index in [0.717, 1.165) is 41.0 Å². The second kappa shape index (κ2) is 8.80. The van der Waals surface area contributed by atoms with E-state index >= 15 is 0 Å². The molecule has 152 valence electrons. The molecule has 2 aromatic carbocycles. The van der Waals surface area contributed by atoms with E-state index in [1.54, 1.807) is 12.0 Å². The molecule has 2 heterocycles. The highest BCUT2D eigenvalue weighted by Gasteiger charge is 2.26. The van der Waals surface area contributed by atoms with Gasteiger partial charge in [-0.3, -0.25) is 9.69 Å². The van der Waals surface area contributed by atoms with Gasteiger partial charge in [0.2, 0.25) is 0 Å². The van der Waals surface area contributed by atoms with Crippen molar-refractivity contribution in [2.24, 2.45) is 0 Å². The number of nitrogens with zero attached hydrogens (tertiary/aromatic N) is 2. The van der Waals surface area contributed by atoms with E-state index in [9.17, 15) is 4.79 Å². The van der Waals surface area contributed by atoms with Gasteiger partial charge < -0.3 is 14.2 Å². The average molecular weight is 413 g/mol. The van der Waals surface area contributed by atoms with Crippen LogP contribution in [0, 0.1) is 6.92 Å². The molecule has 3 aromatic rings. The topological polar surface area (TPSA) is 60.9 Å². The van der Waals surface area contributed by atoms with Crippen LogP contribution in [-0.4, -0.2) is 43.9 Å². The minimum Gasteiger partial charge on any atom is -0.497 e. The molecule has 0 aliphatic carbocycles. The number of aromatic nitrogens is 1. The van der Waals surface area contributed by atoms with E-state index in [2.05, 4.69) is 4.98 Å². The molecule has 0 radical (unpaired) electrons. The van der Waals surface area contributed by atoms with Gasteiger partial charge in [-0.25, -0.2) is 4.98 Å². The molecule has 0 N–H and O–H groups in total. The Hall–Kier alpha value is -2.64. The van der Waals surface area contributed by atoms with Gasteiger partial charge in [0, 0.05) is 12.7 Å². The van der Waals surface area contributed by atoms with Crippen LogP contribution in [0.25, 0.3) is 10.2 Å². The van der Waals surface area contributed by atoms with Gasteiger partial charge >= 0.3 is 0 Å². The van der Waals surface area contributed by atoms with Gasteiger partial charge in [0.05, 0.1) is 30.0 Å². The van der Waals surface area contributed by atoms with Gasteiger partial charge in [-0.05, 0) is 44.0 Å². The lowest BCUT2D eigenvalue weighted by molar-refractivity contribution is -0.120. The van der Waals surface area contributed by atoms with E-state index in [-0.39, 0.29) is 18.6 Å². The Morgan fingerprint density at radius 2 is 2.03 bits per heavy atom. The van der Waals surface area contributed by atoms with Crippen molar-refractivity contribution in [3.05, 3.63) is 48.0 Å². The summed E-state index contributed by atoms with van der Waals surface area (Å²) >= 11 is 1.49. The molecule has 1 unspecified atom stereocenters. The number of aryl methyl sites for hydroxylation is 1. The van der Waals surface area contributed by atoms with Crippen LogP contribution in [0.2, 0.25) is 0 Å². The van der Waals surface area contributed by atoms with Crippen LogP contribution >= 0.6 is 11.3 Å². The number of rotatable bonds is 7. The number of anilines is 1. The fourth-order valence-corrected chi connectivity index (χ4v) is 4.25. The monoisotopic (exact) mass is 412 g/mol. The quantitative estimate of drug-likeness (QED) is 0.582. The number of methoxy groups -OCH3 is 1. The summed E-state index contributed by atoms with van der Waals surface area (Å²) < 4.78 is 17.8. The Balaban J connectivity index is 1.55. The summed E-state index contributed by atoms with van der Waals surface area (Å²) in [6.07, 6.45) is 1.99. The Bertz CT molecular complexity index is 980. The molecule has 1 aliphatic rings. The number of ether oxygens (including phenoxy) is 3. The van der Waals surface area contributed by atoms with Crippen LogP contribution in [-0.2, 0) is 9.53 Å². The Morgan fingerprint density at radius 1 is 1.24 bits per heavy atom. The maximum absolute atomic E-state index is 13.1. The van der Waals surface area contributed by atoms with Crippen LogP contribution in [0.4, 0.5) is 5.13 Å². The first-order chi connectivity index (χ1) is 14.1. The maximum Gasteiger partial charge on any atom is 0.266 e. The molecule has 1 aromatic heterocycles. The summed E-state index contributed by atoms with van der Waals surface area (Å²) in [7, 11) is 1.63. The van der Waals surface area contributed by atoms with Crippen molar-refractivity contribution in [1.82, 2.24) is 4.98 Å². The van der Waals surface area contributed by atoms with Gasteiger partial charge in [0.25, 0.3) is 5.91 Å². The SMILES string of the molecule is COc1ccc2sc(N(CC3CCCO3)C(=O)COc3ccc(C)cc3)nc2c1. The average Bonchev–Trinajstić information content (AvgIpc) is 3.40. The van der Waals surface area contributed by atoms with E-state index in [0.29, 0.717) is 17.4 Å². The number of carbonyl (C=O) groups is 1. The zero-order valence-corrected chi connectivity index (χ0v) is 17.4. The molecule has 1 atom stereocenters. The lowest BCUT2D eigenvalue weighted by atomic mass is 10.2. The largest absolute Gasteiger partial charge is 0.497 e. The first-order valence-corrected chi connectivity index (χ1v) is 10.5. The van der Waals surface area contributed by atoms with E-state index in [4.69, 9.17) is 14.2 Å². The highest BCUT2D eigenvalue weighted by Crippen LogP contribution is 2.32. The minimum atomic E-state index is -0.132. The molecule has 1 saturated heterocycles. The van der Waals surface area contributed by atoms with Crippen molar-refractivity contribution in [3.8, 4) is 11.5 Å². The number of hydrogen-bond acceptors (Lipinski definition) is 6. The normalized spacial score (nSPS) is 16.1. The molecule has 1 aliphatic heterocycles. The summed E-state index contributed by atoms with van der Waals surface area (Å²) in [5.41, 5.74) is 1.96. The van der Waals surface area contributed by atoms with Crippen molar-refractivity contribution < 1.29 is 19.0 Å². The zero-order valence-electron chi connectivity index (χ0n) is 16.6. The molecule has 0 bridgehead atoms. The second-order valence-electron chi connectivity index (χ2n) is 7.07. The predicted molar refractivity (Wildman–Crippen MR) is 114 cm³/mol. The summed E-state index contributed by atoms with van der Waals surface area (Å²) in [4.78, 5) is 19.4. The molecular formula is C22H24N2O4S. The van der Waals surface area contributed by atoms with Crippen LogP contribution < -0.4 is 14.4 Å². The summed E-state index contributed by atoms with van der Waals surface area (Å²) in [6, 6.07) is 13.4. The van der Waals surface area contributed by atoms with Gasteiger partial charge in [0.1, 0.15) is 11.5 Å². The first-order valence-electron chi connectivity index (χ1n) is 9.68. The summed E-state index contributed by atoms with van der Waals surface area (Å²) in [5, 5.41) is 0.654. The number of hydrogen-bond donors (Lipinski definition) is 0. The lowest BCUT2D eigenvalue weighted by Crippen LogP contribution is -2.40. The number of benzene rings is 2. The number of fused-ring (bicyclic) bond motifs is 1. The second-order valence-corrected chi connectivity index (χ2v) is 8.08. The van der Waals surface area contributed by atoms with Crippen molar-refractivity contribution >= 4 is 32.6 Å². The maximum atomic E-state index is 13.1. The zero-order chi connectivity index (χ0) is 20.2. The number of thiazole rings is 1. The lowest BCUT2D eigenvalue weighted by Gasteiger charge is -2.23. The van der Waals surface area contributed by atoms with Crippen molar-refractivity contribution in [3.63, 3.8) is 0 Å². The van der Waals surface area contributed by atoms with Crippen molar-refractivity contribution in [2.45, 2.75) is 25.9 Å². The first kappa shape index (κ1) is 19.7.